The molecule has 1 aliphatic rings. The maximum Gasteiger partial charge on any atom is 0.0375 e. The van der Waals surface area contributed by atoms with Gasteiger partial charge in [-0.25, -0.2) is 0 Å². The van der Waals surface area contributed by atoms with E-state index in [-0.39, 0.29) is 0 Å². The number of nitrogens with one attached hydrogen (secondary N) is 1. The van der Waals surface area contributed by atoms with E-state index in [1.54, 1.807) is 0 Å². The lowest BCUT2D eigenvalue weighted by Crippen LogP contribution is -2.11. The van der Waals surface area contributed by atoms with Crippen LogP contribution in [-0.2, 0) is 6.42 Å². The van der Waals surface area contributed by atoms with Gasteiger partial charge in [-0.3, -0.25) is 0 Å². The van der Waals surface area contributed by atoms with E-state index >= 15 is 0 Å². The molecular weight excluding hydrogens is 182 g/mol. The Morgan fingerprint density at radius 1 is 1.20 bits per heavy atom. The zero-order valence-electron chi connectivity index (χ0n) is 10.3. The van der Waals surface area contributed by atoms with Crippen molar-refractivity contribution in [1.29, 1.82) is 0 Å². The highest BCUT2D eigenvalue weighted by Gasteiger charge is 2.06. The molecule has 1 nitrogen and oxygen atoms in total. The Kier molecular flexibility index (Phi) is 7.43. The summed E-state index contributed by atoms with van der Waals surface area (Å²) in [5, 5.41) is 3.40. The highest BCUT2D eigenvalue weighted by Crippen LogP contribution is 2.22. The fraction of sp³-hybridized carbons (Fsp3) is 0.429. The summed E-state index contributed by atoms with van der Waals surface area (Å²) in [5.41, 5.74) is 4.16. The van der Waals surface area contributed by atoms with E-state index < -0.39 is 0 Å². The van der Waals surface area contributed by atoms with Gasteiger partial charge in [0.2, 0.25) is 0 Å². The summed E-state index contributed by atoms with van der Waals surface area (Å²) in [4.78, 5) is 0. The average molecular weight is 205 g/mol. The molecule has 0 amide bonds. The molecule has 1 aromatic carbocycles. The molecule has 15 heavy (non-hydrogen) atoms. The van der Waals surface area contributed by atoms with Crippen LogP contribution in [0.15, 0.2) is 31.4 Å². The van der Waals surface area contributed by atoms with Crippen molar-refractivity contribution in [3.63, 3.8) is 0 Å². The fourth-order valence-corrected chi connectivity index (χ4v) is 1.57. The molecule has 1 heteroatoms. The molecule has 0 unspecified atom stereocenters. The van der Waals surface area contributed by atoms with Crippen molar-refractivity contribution >= 4 is 5.69 Å². The van der Waals surface area contributed by atoms with Gasteiger partial charge in [0.1, 0.15) is 0 Å². The first-order chi connectivity index (χ1) is 7.36. The van der Waals surface area contributed by atoms with Gasteiger partial charge in [-0.1, -0.05) is 26.0 Å². The largest absolute Gasteiger partial charge is 0.385 e. The Bertz CT molecular complexity index is 279. The lowest BCUT2D eigenvalue weighted by molar-refractivity contribution is 0.829. The normalized spacial score (nSPS) is 11.9. The summed E-state index contributed by atoms with van der Waals surface area (Å²) in [6.07, 6.45) is 2.51. The number of benzene rings is 1. The zero-order chi connectivity index (χ0) is 11.7. The van der Waals surface area contributed by atoms with Crippen molar-refractivity contribution in [1.82, 2.24) is 0 Å². The Morgan fingerprint density at radius 3 is 2.53 bits per heavy atom. The van der Waals surface area contributed by atoms with Gasteiger partial charge in [-0.15, -0.1) is 13.2 Å². The average Bonchev–Trinajstić information content (AvgIpc) is 2.34. The first-order valence-electron chi connectivity index (χ1n) is 5.70. The van der Waals surface area contributed by atoms with E-state index in [1.807, 2.05) is 13.8 Å². The second-order valence-electron chi connectivity index (χ2n) is 3.19. The van der Waals surface area contributed by atoms with E-state index in [4.69, 9.17) is 0 Å². The third-order valence-corrected chi connectivity index (χ3v) is 2.20. The number of fused-ring (bicyclic) bond motifs is 1. The second-order valence-corrected chi connectivity index (χ2v) is 3.19. The highest BCUT2D eigenvalue weighted by molar-refractivity contribution is 5.54. The quantitative estimate of drug-likeness (QED) is 0.626. The molecule has 0 aromatic heterocycles. The highest BCUT2D eigenvalue weighted by atomic mass is 14.9. The van der Waals surface area contributed by atoms with Crippen LogP contribution in [0.5, 0.6) is 0 Å². The lowest BCUT2D eigenvalue weighted by atomic mass is 10.0. The Morgan fingerprint density at radius 2 is 1.87 bits per heavy atom. The molecule has 1 N–H and O–H groups in total. The molecule has 0 radical (unpaired) electrons. The van der Waals surface area contributed by atoms with Crippen LogP contribution in [0.3, 0.4) is 0 Å². The van der Waals surface area contributed by atoms with Crippen molar-refractivity contribution in [2.45, 2.75) is 33.6 Å². The predicted octanol–water partition coefficient (Wildman–Crippen LogP) is 4.18. The standard InChI is InChI=1S/C10H13N.C2H6.C2H4/c1-8-4-5-9-3-2-6-11-10(9)7-8;2*1-2/h4-5,7,11H,2-3,6H2,1H3;1-2H3;1-2H2. The Balaban J connectivity index is 0.000000442. The fourth-order valence-electron chi connectivity index (χ4n) is 1.57. The van der Waals surface area contributed by atoms with Crippen LogP contribution in [0.1, 0.15) is 31.4 Å². The van der Waals surface area contributed by atoms with Gasteiger partial charge < -0.3 is 5.32 Å². The molecular formula is C14H23N. The molecule has 0 fully saturated rings. The number of hydrogen-bond donors (Lipinski definition) is 1. The van der Waals surface area contributed by atoms with Crippen LogP contribution in [0.2, 0.25) is 0 Å². The third kappa shape index (κ3) is 4.20. The molecule has 84 valence electrons. The summed E-state index contributed by atoms with van der Waals surface area (Å²) in [6, 6.07) is 6.65. The number of aryl methyl sites for hydroxylation is 2. The van der Waals surface area contributed by atoms with Gasteiger partial charge in [0.05, 0.1) is 0 Å². The molecule has 0 saturated carbocycles. The minimum atomic E-state index is 1.14. The summed E-state index contributed by atoms with van der Waals surface area (Å²) < 4.78 is 0. The first kappa shape index (κ1) is 13.8. The number of hydrogen-bond acceptors (Lipinski definition) is 1. The van der Waals surface area contributed by atoms with E-state index in [1.165, 1.54) is 29.7 Å². The number of rotatable bonds is 0. The molecule has 0 atom stereocenters. The summed E-state index contributed by atoms with van der Waals surface area (Å²) in [7, 11) is 0. The van der Waals surface area contributed by atoms with Crippen molar-refractivity contribution in [3.05, 3.63) is 42.5 Å². The van der Waals surface area contributed by atoms with Crippen molar-refractivity contribution in [2.24, 2.45) is 0 Å². The molecule has 0 bridgehead atoms. The lowest BCUT2D eigenvalue weighted by Gasteiger charge is -2.17. The van der Waals surface area contributed by atoms with Gasteiger partial charge >= 0.3 is 0 Å². The molecule has 0 spiro atoms. The molecule has 1 aromatic rings. The van der Waals surface area contributed by atoms with Gasteiger partial charge in [0.25, 0.3) is 0 Å². The van der Waals surface area contributed by atoms with E-state index in [0.717, 1.165) is 6.54 Å². The van der Waals surface area contributed by atoms with Crippen LogP contribution in [0, 0.1) is 6.92 Å². The van der Waals surface area contributed by atoms with Crippen LogP contribution in [0.4, 0.5) is 5.69 Å². The Labute approximate surface area is 94.2 Å². The van der Waals surface area contributed by atoms with Gasteiger partial charge in [-0.05, 0) is 37.0 Å². The summed E-state index contributed by atoms with van der Waals surface area (Å²) >= 11 is 0. The van der Waals surface area contributed by atoms with Crippen LogP contribution < -0.4 is 5.32 Å². The Hall–Kier alpha value is -1.24. The van der Waals surface area contributed by atoms with Gasteiger partial charge in [0, 0.05) is 12.2 Å². The van der Waals surface area contributed by atoms with Crippen LogP contribution in [0.25, 0.3) is 0 Å². The van der Waals surface area contributed by atoms with Crippen LogP contribution in [-0.4, -0.2) is 6.54 Å². The molecule has 1 heterocycles. The predicted molar refractivity (Wildman–Crippen MR) is 70.6 cm³/mol. The SMILES string of the molecule is C=C.CC.Cc1ccc2c(c1)NCCC2. The maximum atomic E-state index is 3.40. The van der Waals surface area contributed by atoms with Gasteiger partial charge in [-0.2, -0.15) is 0 Å². The van der Waals surface area contributed by atoms with E-state index in [2.05, 4.69) is 43.6 Å². The molecule has 0 aliphatic carbocycles. The number of anilines is 1. The summed E-state index contributed by atoms with van der Waals surface area (Å²) in [5.74, 6) is 0. The van der Waals surface area contributed by atoms with Crippen molar-refractivity contribution in [3.8, 4) is 0 Å². The van der Waals surface area contributed by atoms with Gasteiger partial charge in [0.15, 0.2) is 0 Å². The molecule has 2 rings (SSSR count). The molecule has 1 aliphatic heterocycles. The van der Waals surface area contributed by atoms with Crippen molar-refractivity contribution in [2.75, 3.05) is 11.9 Å². The van der Waals surface area contributed by atoms with Crippen molar-refractivity contribution < 1.29 is 0 Å². The minimum Gasteiger partial charge on any atom is -0.385 e. The smallest absolute Gasteiger partial charge is 0.0375 e. The first-order valence-corrected chi connectivity index (χ1v) is 5.70. The minimum absolute atomic E-state index is 1.14. The maximum absolute atomic E-state index is 3.40. The van der Waals surface area contributed by atoms with E-state index in [0.29, 0.717) is 0 Å². The summed E-state index contributed by atoms with van der Waals surface area (Å²) in [6.45, 7) is 13.3. The second kappa shape index (κ2) is 8.10. The van der Waals surface area contributed by atoms with E-state index in [9.17, 15) is 0 Å². The topological polar surface area (TPSA) is 12.0 Å². The van der Waals surface area contributed by atoms with Crippen LogP contribution >= 0.6 is 0 Å². The zero-order valence-corrected chi connectivity index (χ0v) is 10.3. The molecule has 0 saturated heterocycles. The monoisotopic (exact) mass is 205 g/mol. The third-order valence-electron chi connectivity index (χ3n) is 2.20.